The number of amides is 3. The molecule has 0 bridgehead atoms. The van der Waals surface area contributed by atoms with E-state index in [-0.39, 0.29) is 6.42 Å². The van der Waals surface area contributed by atoms with E-state index in [9.17, 15) is 14.4 Å². The largest absolute Gasteiger partial charge is 0.345 e. The first-order valence-corrected chi connectivity index (χ1v) is 9.52. The highest BCUT2D eigenvalue weighted by Crippen LogP contribution is 2.20. The summed E-state index contributed by atoms with van der Waals surface area (Å²) in [5.74, 6) is -1.34. The number of nitrogens with zero attached hydrogens (tertiary/aromatic N) is 1. The number of hydrogen-bond acceptors (Lipinski definition) is 4. The molecule has 1 atom stereocenters. The van der Waals surface area contributed by atoms with Gasteiger partial charge >= 0.3 is 0 Å². The Labute approximate surface area is 178 Å². The monoisotopic (exact) mass is 422 g/mol. The summed E-state index contributed by atoms with van der Waals surface area (Å²) >= 11 is 6.11. The normalized spacial score (nSPS) is 11.2. The molecule has 8 heteroatoms. The van der Waals surface area contributed by atoms with E-state index in [0.717, 1.165) is 5.56 Å². The average Bonchev–Trinajstić information content (AvgIpc) is 2.78. The summed E-state index contributed by atoms with van der Waals surface area (Å²) in [6.45, 7) is 0. The van der Waals surface area contributed by atoms with Crippen LogP contribution >= 0.6 is 11.6 Å². The van der Waals surface area contributed by atoms with Gasteiger partial charge in [0.1, 0.15) is 0 Å². The molecule has 0 aliphatic rings. The Morgan fingerprint density at radius 3 is 2.20 bits per heavy atom. The SMILES string of the molecule is O=C(CC(NC(=O)c1ccccc1Cl)c1ccccc1)NNC(=O)c1ccncc1. The second-order valence-electron chi connectivity index (χ2n) is 6.36. The first-order chi connectivity index (χ1) is 14.5. The molecule has 0 radical (unpaired) electrons. The van der Waals surface area contributed by atoms with Gasteiger partial charge in [-0.1, -0.05) is 54.1 Å². The fraction of sp³-hybridized carbons (Fsp3) is 0.0909. The maximum atomic E-state index is 12.7. The molecule has 3 N–H and O–H groups in total. The highest BCUT2D eigenvalue weighted by molar-refractivity contribution is 6.33. The molecule has 7 nitrogen and oxygen atoms in total. The van der Waals surface area contributed by atoms with Crippen molar-refractivity contribution in [1.29, 1.82) is 0 Å². The van der Waals surface area contributed by atoms with Gasteiger partial charge < -0.3 is 5.32 Å². The predicted molar refractivity (Wildman–Crippen MR) is 113 cm³/mol. The van der Waals surface area contributed by atoms with Crippen molar-refractivity contribution in [2.75, 3.05) is 0 Å². The van der Waals surface area contributed by atoms with Gasteiger partial charge in [-0.05, 0) is 29.8 Å². The molecule has 1 aromatic heterocycles. The molecule has 1 unspecified atom stereocenters. The molecule has 0 aliphatic heterocycles. The highest BCUT2D eigenvalue weighted by Gasteiger charge is 2.20. The number of halogens is 1. The number of pyridine rings is 1. The van der Waals surface area contributed by atoms with Gasteiger partial charge in [0.2, 0.25) is 5.91 Å². The Morgan fingerprint density at radius 2 is 1.50 bits per heavy atom. The van der Waals surface area contributed by atoms with E-state index < -0.39 is 23.8 Å². The summed E-state index contributed by atoms with van der Waals surface area (Å²) in [7, 11) is 0. The van der Waals surface area contributed by atoms with Crippen molar-refractivity contribution in [2.45, 2.75) is 12.5 Å². The van der Waals surface area contributed by atoms with E-state index in [1.165, 1.54) is 24.5 Å². The van der Waals surface area contributed by atoms with Crippen LogP contribution < -0.4 is 16.2 Å². The Bertz CT molecular complexity index is 1030. The summed E-state index contributed by atoms with van der Waals surface area (Å²) in [4.78, 5) is 41.0. The zero-order valence-corrected chi connectivity index (χ0v) is 16.6. The maximum Gasteiger partial charge on any atom is 0.269 e. The molecule has 0 fully saturated rings. The number of nitrogens with one attached hydrogen (secondary N) is 3. The van der Waals surface area contributed by atoms with Gasteiger partial charge in [0.25, 0.3) is 11.8 Å². The van der Waals surface area contributed by atoms with Crippen molar-refractivity contribution in [1.82, 2.24) is 21.2 Å². The van der Waals surface area contributed by atoms with Gasteiger partial charge in [0.15, 0.2) is 0 Å². The third-order valence-electron chi connectivity index (χ3n) is 4.27. The molecule has 2 aromatic carbocycles. The number of rotatable bonds is 6. The maximum absolute atomic E-state index is 12.7. The fourth-order valence-electron chi connectivity index (χ4n) is 2.76. The van der Waals surface area contributed by atoms with Crippen LogP contribution in [0.1, 0.15) is 38.7 Å². The second kappa shape index (κ2) is 10.2. The molecule has 0 saturated heterocycles. The van der Waals surface area contributed by atoms with E-state index >= 15 is 0 Å². The second-order valence-corrected chi connectivity index (χ2v) is 6.77. The van der Waals surface area contributed by atoms with Crippen molar-refractivity contribution in [3.63, 3.8) is 0 Å². The summed E-state index contributed by atoms with van der Waals surface area (Å²) in [6, 6.07) is 18.2. The van der Waals surface area contributed by atoms with Crippen molar-refractivity contribution in [2.24, 2.45) is 0 Å². The number of benzene rings is 2. The first kappa shape index (κ1) is 21.0. The summed E-state index contributed by atoms with van der Waals surface area (Å²) in [5, 5.41) is 3.15. The Morgan fingerprint density at radius 1 is 0.833 bits per heavy atom. The number of aromatic nitrogens is 1. The third-order valence-corrected chi connectivity index (χ3v) is 4.60. The molecule has 3 aromatic rings. The predicted octanol–water partition coefficient (Wildman–Crippen LogP) is 3.06. The topological polar surface area (TPSA) is 100 Å². The summed E-state index contributed by atoms with van der Waals surface area (Å²) in [6.07, 6.45) is 2.87. The minimum atomic E-state index is -0.618. The number of hydrazine groups is 1. The lowest BCUT2D eigenvalue weighted by atomic mass is 10.0. The molecule has 0 spiro atoms. The number of hydrogen-bond donors (Lipinski definition) is 3. The van der Waals surface area contributed by atoms with Crippen LogP contribution in [0.15, 0.2) is 79.1 Å². The summed E-state index contributed by atoms with van der Waals surface area (Å²) in [5.41, 5.74) is 6.13. The minimum Gasteiger partial charge on any atom is -0.345 e. The van der Waals surface area contributed by atoms with Crippen molar-refractivity contribution < 1.29 is 14.4 Å². The van der Waals surface area contributed by atoms with Crippen LogP contribution in [-0.2, 0) is 4.79 Å². The number of carbonyl (C=O) groups is 3. The van der Waals surface area contributed by atoms with E-state index in [4.69, 9.17) is 11.6 Å². The van der Waals surface area contributed by atoms with Gasteiger partial charge in [-0.2, -0.15) is 0 Å². The van der Waals surface area contributed by atoms with Crippen LogP contribution in [0, 0.1) is 0 Å². The smallest absolute Gasteiger partial charge is 0.269 e. The Kier molecular flexibility index (Phi) is 7.13. The Hall–Kier alpha value is -3.71. The van der Waals surface area contributed by atoms with Crippen LogP contribution in [0.3, 0.4) is 0 Å². The molecule has 3 rings (SSSR count). The average molecular weight is 423 g/mol. The lowest BCUT2D eigenvalue weighted by Gasteiger charge is -2.19. The number of carbonyl (C=O) groups excluding carboxylic acids is 3. The molecule has 152 valence electrons. The fourth-order valence-corrected chi connectivity index (χ4v) is 2.98. The van der Waals surface area contributed by atoms with Gasteiger partial charge in [-0.15, -0.1) is 0 Å². The Balaban J connectivity index is 1.67. The van der Waals surface area contributed by atoms with Crippen LogP contribution in [-0.4, -0.2) is 22.7 Å². The van der Waals surface area contributed by atoms with E-state index in [1.807, 2.05) is 18.2 Å². The first-order valence-electron chi connectivity index (χ1n) is 9.14. The lowest BCUT2D eigenvalue weighted by molar-refractivity contribution is -0.122. The van der Waals surface area contributed by atoms with Crippen LogP contribution in [0.5, 0.6) is 0 Å². The van der Waals surface area contributed by atoms with Crippen molar-refractivity contribution >= 4 is 29.3 Å². The highest BCUT2D eigenvalue weighted by atomic mass is 35.5. The van der Waals surface area contributed by atoms with Gasteiger partial charge in [0, 0.05) is 18.0 Å². The van der Waals surface area contributed by atoms with Gasteiger partial charge in [-0.3, -0.25) is 30.2 Å². The molecule has 30 heavy (non-hydrogen) atoms. The third kappa shape index (κ3) is 5.65. The van der Waals surface area contributed by atoms with Gasteiger partial charge in [0.05, 0.1) is 23.0 Å². The lowest BCUT2D eigenvalue weighted by Crippen LogP contribution is -2.43. The molecule has 1 heterocycles. The molecular weight excluding hydrogens is 404 g/mol. The summed E-state index contributed by atoms with van der Waals surface area (Å²) < 4.78 is 0. The van der Waals surface area contributed by atoms with Crippen LogP contribution in [0.4, 0.5) is 0 Å². The molecule has 0 saturated carbocycles. The zero-order valence-electron chi connectivity index (χ0n) is 15.8. The van der Waals surface area contributed by atoms with E-state index in [2.05, 4.69) is 21.2 Å². The van der Waals surface area contributed by atoms with Crippen molar-refractivity contribution in [3.8, 4) is 0 Å². The van der Waals surface area contributed by atoms with Crippen LogP contribution in [0.2, 0.25) is 5.02 Å². The van der Waals surface area contributed by atoms with E-state index in [0.29, 0.717) is 16.1 Å². The standard InChI is InChI=1S/C22H19ClN4O3/c23-18-9-5-4-8-17(18)22(30)25-19(15-6-2-1-3-7-15)14-20(28)26-27-21(29)16-10-12-24-13-11-16/h1-13,19H,14H2,(H,25,30)(H,26,28)(H,27,29). The molecule has 3 amide bonds. The van der Waals surface area contributed by atoms with Crippen molar-refractivity contribution in [3.05, 3.63) is 101 Å². The zero-order chi connectivity index (χ0) is 21.3. The minimum absolute atomic E-state index is 0.0865. The molecular formula is C22H19ClN4O3. The van der Waals surface area contributed by atoms with E-state index in [1.54, 1.807) is 36.4 Å². The van der Waals surface area contributed by atoms with Gasteiger partial charge in [-0.25, -0.2) is 0 Å². The molecule has 0 aliphatic carbocycles. The quantitative estimate of drug-likeness (QED) is 0.531. The van der Waals surface area contributed by atoms with Crippen LogP contribution in [0.25, 0.3) is 0 Å².